The van der Waals surface area contributed by atoms with Crippen molar-refractivity contribution in [2.45, 2.75) is 12.1 Å². The molecule has 5 rings (SSSR count). The van der Waals surface area contributed by atoms with Gasteiger partial charge in [-0.1, -0.05) is 18.2 Å². The smallest absolute Gasteiger partial charge is 0.270 e. The van der Waals surface area contributed by atoms with Crippen LogP contribution in [0.4, 0.5) is 11.4 Å². The van der Waals surface area contributed by atoms with Crippen LogP contribution in [0.15, 0.2) is 89.5 Å². The average Bonchev–Trinajstić information content (AvgIpc) is 3.49. The Hall–Kier alpha value is -4.24. The SMILES string of the molecule is COc1ccc(N2C(=S)N[C@@H](c3ccccn3)[C@@H]2c2ccc(-c3cccc([N+](=O)[O-])c3)o2)cc1. The van der Waals surface area contributed by atoms with E-state index in [1.807, 2.05) is 59.5 Å². The van der Waals surface area contributed by atoms with Gasteiger partial charge in [0, 0.05) is 29.6 Å². The number of benzene rings is 2. The van der Waals surface area contributed by atoms with Crippen LogP contribution in [0.5, 0.6) is 5.75 Å². The fourth-order valence-electron chi connectivity index (χ4n) is 4.10. The highest BCUT2D eigenvalue weighted by Crippen LogP contribution is 2.43. The van der Waals surface area contributed by atoms with Crippen LogP contribution >= 0.6 is 12.2 Å². The Kier molecular flexibility index (Phi) is 5.69. The molecule has 0 bridgehead atoms. The van der Waals surface area contributed by atoms with Crippen molar-refractivity contribution >= 4 is 28.7 Å². The summed E-state index contributed by atoms with van der Waals surface area (Å²) in [5.74, 6) is 1.93. The summed E-state index contributed by atoms with van der Waals surface area (Å²) in [5.41, 5.74) is 2.32. The van der Waals surface area contributed by atoms with Gasteiger partial charge in [-0.3, -0.25) is 15.1 Å². The van der Waals surface area contributed by atoms with E-state index in [2.05, 4.69) is 10.3 Å². The third-order valence-corrected chi connectivity index (χ3v) is 6.02. The Bertz CT molecular complexity index is 1340. The Morgan fingerprint density at radius 1 is 1.09 bits per heavy atom. The fraction of sp³-hybridized carbons (Fsp3) is 0.120. The summed E-state index contributed by atoms with van der Waals surface area (Å²) in [7, 11) is 1.62. The van der Waals surface area contributed by atoms with Crippen molar-refractivity contribution in [3.63, 3.8) is 0 Å². The van der Waals surface area contributed by atoms with Crippen LogP contribution in [-0.4, -0.2) is 22.1 Å². The summed E-state index contributed by atoms with van der Waals surface area (Å²) in [4.78, 5) is 17.3. The first kappa shape index (κ1) is 21.6. The molecule has 34 heavy (non-hydrogen) atoms. The second-order valence-corrected chi connectivity index (χ2v) is 8.09. The summed E-state index contributed by atoms with van der Waals surface area (Å²) >= 11 is 5.72. The largest absolute Gasteiger partial charge is 0.497 e. The lowest BCUT2D eigenvalue weighted by atomic mass is 10.0. The molecule has 2 atom stereocenters. The number of nitro benzene ring substituents is 1. The Morgan fingerprint density at radius 3 is 2.62 bits per heavy atom. The average molecular weight is 473 g/mol. The summed E-state index contributed by atoms with van der Waals surface area (Å²) < 4.78 is 11.6. The van der Waals surface area contributed by atoms with E-state index in [9.17, 15) is 10.1 Å². The summed E-state index contributed by atoms with van der Waals surface area (Å²) in [6, 6.07) is 22.8. The van der Waals surface area contributed by atoms with Crippen LogP contribution in [0.2, 0.25) is 0 Å². The Balaban J connectivity index is 1.58. The number of aromatic nitrogens is 1. The van der Waals surface area contributed by atoms with Crippen molar-refractivity contribution in [1.82, 2.24) is 10.3 Å². The number of nitrogens with zero attached hydrogens (tertiary/aromatic N) is 3. The highest BCUT2D eigenvalue weighted by Gasteiger charge is 2.42. The highest BCUT2D eigenvalue weighted by molar-refractivity contribution is 7.80. The lowest BCUT2D eigenvalue weighted by Gasteiger charge is -2.26. The normalized spacial score (nSPS) is 17.4. The molecular weight excluding hydrogens is 452 g/mol. The first-order chi connectivity index (χ1) is 16.5. The van der Waals surface area contributed by atoms with Gasteiger partial charge in [0.25, 0.3) is 5.69 Å². The van der Waals surface area contributed by atoms with Crippen LogP contribution < -0.4 is 15.0 Å². The first-order valence-electron chi connectivity index (χ1n) is 10.5. The topological polar surface area (TPSA) is 93.7 Å². The van der Waals surface area contributed by atoms with Gasteiger partial charge in [0.1, 0.15) is 23.3 Å². The standard InChI is InChI=1S/C25H20N4O4S/c1-32-19-10-8-17(9-11-19)28-24(23(27-25(28)34)20-7-2-3-14-26-20)22-13-12-21(33-22)16-5-4-6-18(15-16)29(30)31/h2-15,23-24H,1H3,(H,27,34)/t23-,24-/m0/s1. The molecule has 0 unspecified atom stereocenters. The third kappa shape index (κ3) is 3.97. The molecule has 170 valence electrons. The third-order valence-electron chi connectivity index (χ3n) is 5.71. The minimum Gasteiger partial charge on any atom is -0.497 e. The van der Waals surface area contributed by atoms with Crippen molar-refractivity contribution in [1.29, 1.82) is 0 Å². The van der Waals surface area contributed by atoms with Gasteiger partial charge in [-0.05, 0) is 60.7 Å². The van der Waals surface area contributed by atoms with Crippen molar-refractivity contribution in [2.24, 2.45) is 0 Å². The minimum atomic E-state index is -0.421. The second kappa shape index (κ2) is 8.95. The summed E-state index contributed by atoms with van der Waals surface area (Å²) in [6.45, 7) is 0. The molecule has 4 aromatic rings. The van der Waals surface area contributed by atoms with E-state index < -0.39 is 4.92 Å². The maximum absolute atomic E-state index is 11.2. The summed E-state index contributed by atoms with van der Waals surface area (Å²) in [5, 5.41) is 15.1. The minimum absolute atomic E-state index is 0.00498. The molecule has 0 aliphatic carbocycles. The first-order valence-corrected chi connectivity index (χ1v) is 11.0. The molecule has 1 fully saturated rings. The van der Waals surface area contributed by atoms with Crippen LogP contribution in [0.3, 0.4) is 0 Å². The van der Waals surface area contributed by atoms with E-state index in [0.29, 0.717) is 22.2 Å². The predicted octanol–water partition coefficient (Wildman–Crippen LogP) is 5.44. The molecule has 1 aliphatic heterocycles. The van der Waals surface area contributed by atoms with Crippen molar-refractivity contribution < 1.29 is 14.1 Å². The second-order valence-electron chi connectivity index (χ2n) is 7.70. The molecule has 2 aromatic carbocycles. The quantitative estimate of drug-likeness (QED) is 0.225. The number of rotatable bonds is 6. The number of anilines is 1. The Labute approximate surface area is 201 Å². The van der Waals surface area contributed by atoms with E-state index >= 15 is 0 Å². The maximum atomic E-state index is 11.2. The zero-order valence-electron chi connectivity index (χ0n) is 18.1. The molecule has 8 nitrogen and oxygen atoms in total. The number of nitrogens with one attached hydrogen (secondary N) is 1. The number of nitro groups is 1. The monoisotopic (exact) mass is 472 g/mol. The number of ether oxygens (including phenoxy) is 1. The van der Waals surface area contributed by atoms with E-state index in [0.717, 1.165) is 17.1 Å². The van der Waals surface area contributed by atoms with Crippen LogP contribution in [-0.2, 0) is 0 Å². The molecule has 0 spiro atoms. The molecule has 0 saturated carbocycles. The molecule has 3 heterocycles. The zero-order chi connectivity index (χ0) is 23.7. The van der Waals surface area contributed by atoms with Gasteiger partial charge in [0.2, 0.25) is 0 Å². The van der Waals surface area contributed by atoms with E-state index in [1.165, 1.54) is 12.1 Å². The van der Waals surface area contributed by atoms with Gasteiger partial charge in [-0.15, -0.1) is 0 Å². The molecule has 1 saturated heterocycles. The molecule has 0 radical (unpaired) electrons. The maximum Gasteiger partial charge on any atom is 0.270 e. The molecule has 9 heteroatoms. The summed E-state index contributed by atoms with van der Waals surface area (Å²) in [6.07, 6.45) is 1.74. The van der Waals surface area contributed by atoms with Crippen LogP contribution in [0, 0.1) is 10.1 Å². The number of non-ortho nitro benzene ring substituents is 1. The number of thiocarbonyl (C=S) groups is 1. The van der Waals surface area contributed by atoms with E-state index in [-0.39, 0.29) is 17.8 Å². The fourth-order valence-corrected chi connectivity index (χ4v) is 4.45. The van der Waals surface area contributed by atoms with Crippen LogP contribution in [0.1, 0.15) is 23.5 Å². The highest BCUT2D eigenvalue weighted by atomic mass is 32.1. The van der Waals surface area contributed by atoms with E-state index in [1.54, 1.807) is 25.4 Å². The van der Waals surface area contributed by atoms with Crippen molar-refractivity contribution in [3.05, 3.63) is 107 Å². The molecule has 1 N–H and O–H groups in total. The van der Waals surface area contributed by atoms with Gasteiger partial charge in [-0.2, -0.15) is 0 Å². The van der Waals surface area contributed by atoms with Gasteiger partial charge in [0.15, 0.2) is 5.11 Å². The zero-order valence-corrected chi connectivity index (χ0v) is 18.9. The van der Waals surface area contributed by atoms with Crippen LogP contribution in [0.25, 0.3) is 11.3 Å². The molecule has 2 aromatic heterocycles. The lowest BCUT2D eigenvalue weighted by Crippen LogP contribution is -2.29. The molecule has 1 aliphatic rings. The lowest BCUT2D eigenvalue weighted by molar-refractivity contribution is -0.384. The van der Waals surface area contributed by atoms with E-state index in [4.69, 9.17) is 21.4 Å². The molecular formula is C25H20N4O4S. The predicted molar refractivity (Wildman–Crippen MR) is 132 cm³/mol. The molecule has 0 amide bonds. The Morgan fingerprint density at radius 2 is 1.91 bits per heavy atom. The van der Waals surface area contributed by atoms with Gasteiger partial charge in [-0.25, -0.2) is 0 Å². The van der Waals surface area contributed by atoms with Crippen molar-refractivity contribution in [3.8, 4) is 17.1 Å². The number of hydrogen-bond acceptors (Lipinski definition) is 6. The van der Waals surface area contributed by atoms with Crippen molar-refractivity contribution in [2.75, 3.05) is 12.0 Å². The van der Waals surface area contributed by atoms with Gasteiger partial charge < -0.3 is 19.4 Å². The number of hydrogen-bond donors (Lipinski definition) is 1. The number of pyridine rings is 1. The number of methoxy groups -OCH3 is 1. The number of furan rings is 1. The van der Waals surface area contributed by atoms with Gasteiger partial charge in [0.05, 0.1) is 23.8 Å². The van der Waals surface area contributed by atoms with Gasteiger partial charge >= 0.3 is 0 Å².